The van der Waals surface area contributed by atoms with Gasteiger partial charge in [0, 0.05) is 36.4 Å². The second-order valence-electron chi connectivity index (χ2n) is 6.41. The van der Waals surface area contributed by atoms with Crippen LogP contribution in [0, 0.1) is 0 Å². The molecule has 0 aromatic carbocycles. The van der Waals surface area contributed by atoms with E-state index in [1.807, 2.05) is 10.9 Å². The molecule has 0 radical (unpaired) electrons. The smallest absolute Gasteiger partial charge is 0.0537 e. The lowest BCUT2D eigenvalue weighted by Crippen LogP contribution is -2.53. The van der Waals surface area contributed by atoms with Gasteiger partial charge in [0.2, 0.25) is 0 Å². The Balaban J connectivity index is 1.95. The maximum Gasteiger partial charge on any atom is 0.0537 e. The molecule has 1 saturated carbocycles. The van der Waals surface area contributed by atoms with E-state index < -0.39 is 0 Å². The molecule has 0 aliphatic heterocycles. The second kappa shape index (κ2) is 6.72. The lowest BCUT2D eigenvalue weighted by molar-refractivity contribution is 0.0958. The molecule has 1 unspecified atom stereocenters. The van der Waals surface area contributed by atoms with Crippen molar-refractivity contribution in [3.8, 4) is 0 Å². The summed E-state index contributed by atoms with van der Waals surface area (Å²) in [6, 6.07) is 0.369. The average molecular weight is 278 g/mol. The number of aromatic nitrogens is 2. The van der Waals surface area contributed by atoms with Crippen LogP contribution >= 0.6 is 0 Å². The van der Waals surface area contributed by atoms with Gasteiger partial charge in [0.25, 0.3) is 0 Å². The van der Waals surface area contributed by atoms with Gasteiger partial charge in [0.05, 0.1) is 6.20 Å². The molecule has 0 bridgehead atoms. The first-order valence-corrected chi connectivity index (χ1v) is 8.00. The summed E-state index contributed by atoms with van der Waals surface area (Å²) in [5, 5.41) is 8.10. The van der Waals surface area contributed by atoms with E-state index in [0.29, 0.717) is 11.6 Å². The molecule has 1 N–H and O–H groups in total. The predicted molar refractivity (Wildman–Crippen MR) is 83.8 cm³/mol. The Hall–Kier alpha value is -0.870. The van der Waals surface area contributed by atoms with Crippen LogP contribution in [0.3, 0.4) is 0 Å². The third kappa shape index (κ3) is 3.41. The molecule has 0 amide bonds. The molecule has 1 aromatic heterocycles. The topological polar surface area (TPSA) is 33.1 Å². The summed E-state index contributed by atoms with van der Waals surface area (Å²) >= 11 is 0. The largest absolute Gasteiger partial charge is 0.308 e. The number of aryl methyl sites for hydroxylation is 1. The molecule has 1 aliphatic carbocycles. The maximum atomic E-state index is 4.37. The van der Waals surface area contributed by atoms with E-state index in [2.05, 4.69) is 49.5 Å². The van der Waals surface area contributed by atoms with Gasteiger partial charge in [0.1, 0.15) is 0 Å². The van der Waals surface area contributed by atoms with Gasteiger partial charge in [-0.25, -0.2) is 0 Å². The number of nitrogens with one attached hydrogen (secondary N) is 1. The van der Waals surface area contributed by atoms with Crippen molar-refractivity contribution in [1.82, 2.24) is 20.0 Å². The normalized spacial score (nSPS) is 20.2. The van der Waals surface area contributed by atoms with Crippen molar-refractivity contribution in [2.45, 2.75) is 64.1 Å². The van der Waals surface area contributed by atoms with Crippen LogP contribution in [0.2, 0.25) is 0 Å². The van der Waals surface area contributed by atoms with Crippen LogP contribution in [-0.4, -0.2) is 40.9 Å². The molecule has 4 heteroatoms. The van der Waals surface area contributed by atoms with Crippen molar-refractivity contribution in [1.29, 1.82) is 0 Å². The van der Waals surface area contributed by atoms with Crippen molar-refractivity contribution in [2.24, 2.45) is 0 Å². The minimum atomic E-state index is 0.341. The van der Waals surface area contributed by atoms with Crippen LogP contribution in [0.1, 0.15) is 57.6 Å². The molecular weight excluding hydrogens is 248 g/mol. The number of rotatable bonds is 6. The monoisotopic (exact) mass is 278 g/mol. The molecule has 0 spiro atoms. The number of hydrogen-bond donors (Lipinski definition) is 1. The number of nitrogens with zero attached hydrogens (tertiary/aromatic N) is 3. The summed E-state index contributed by atoms with van der Waals surface area (Å²) in [4.78, 5) is 2.43. The standard InChI is InChI=1S/C16H30N4/c1-5-20-12-15(11-18-20)14(2)17-13-16(19(3)4)9-7-6-8-10-16/h11-12,14,17H,5-10,13H2,1-4H3. The zero-order valence-corrected chi connectivity index (χ0v) is 13.5. The van der Waals surface area contributed by atoms with Gasteiger partial charge in [0.15, 0.2) is 0 Å². The van der Waals surface area contributed by atoms with Crippen LogP contribution in [-0.2, 0) is 6.54 Å². The summed E-state index contributed by atoms with van der Waals surface area (Å²) in [7, 11) is 4.46. The van der Waals surface area contributed by atoms with Crippen LogP contribution < -0.4 is 5.32 Å². The quantitative estimate of drug-likeness (QED) is 0.868. The lowest BCUT2D eigenvalue weighted by Gasteiger charge is -2.43. The SMILES string of the molecule is CCn1cc(C(C)NCC2(N(C)C)CCCCC2)cn1. The average Bonchev–Trinajstić information content (AvgIpc) is 2.94. The van der Waals surface area contributed by atoms with E-state index in [4.69, 9.17) is 0 Å². The Morgan fingerprint density at radius 2 is 2.05 bits per heavy atom. The van der Waals surface area contributed by atoms with Crippen molar-refractivity contribution in [3.63, 3.8) is 0 Å². The minimum absolute atomic E-state index is 0.341. The molecule has 1 atom stereocenters. The van der Waals surface area contributed by atoms with Crippen LogP contribution in [0.5, 0.6) is 0 Å². The number of likely N-dealkylation sites (N-methyl/N-ethyl adjacent to an activating group) is 1. The van der Waals surface area contributed by atoms with Gasteiger partial charge in [-0.15, -0.1) is 0 Å². The van der Waals surface area contributed by atoms with Gasteiger partial charge < -0.3 is 10.2 Å². The minimum Gasteiger partial charge on any atom is -0.308 e. The number of hydrogen-bond acceptors (Lipinski definition) is 3. The fourth-order valence-electron chi connectivity index (χ4n) is 3.23. The Kier molecular flexibility index (Phi) is 5.22. The summed E-state index contributed by atoms with van der Waals surface area (Å²) in [5.74, 6) is 0. The Morgan fingerprint density at radius 3 is 2.60 bits per heavy atom. The first-order chi connectivity index (χ1) is 9.57. The van der Waals surface area contributed by atoms with E-state index in [9.17, 15) is 0 Å². The van der Waals surface area contributed by atoms with Gasteiger partial charge in [-0.3, -0.25) is 4.68 Å². The maximum absolute atomic E-state index is 4.37. The van der Waals surface area contributed by atoms with Gasteiger partial charge in [-0.1, -0.05) is 19.3 Å². The Bertz CT molecular complexity index is 404. The van der Waals surface area contributed by atoms with E-state index in [1.54, 1.807) is 0 Å². The third-order valence-corrected chi connectivity index (χ3v) is 4.95. The molecule has 1 aromatic rings. The molecule has 1 aliphatic rings. The van der Waals surface area contributed by atoms with E-state index in [-0.39, 0.29) is 0 Å². The first kappa shape index (κ1) is 15.5. The summed E-state index contributed by atoms with van der Waals surface area (Å²) in [6.07, 6.45) is 10.9. The highest BCUT2D eigenvalue weighted by Gasteiger charge is 2.34. The van der Waals surface area contributed by atoms with Crippen molar-refractivity contribution >= 4 is 0 Å². The molecule has 1 fully saturated rings. The molecular formula is C16H30N4. The zero-order valence-electron chi connectivity index (χ0n) is 13.5. The summed E-state index contributed by atoms with van der Waals surface area (Å²) in [5.41, 5.74) is 1.63. The third-order valence-electron chi connectivity index (χ3n) is 4.95. The van der Waals surface area contributed by atoms with Gasteiger partial charge >= 0.3 is 0 Å². The van der Waals surface area contributed by atoms with E-state index in [1.165, 1.54) is 37.7 Å². The van der Waals surface area contributed by atoms with Crippen LogP contribution in [0.4, 0.5) is 0 Å². The lowest BCUT2D eigenvalue weighted by atomic mass is 9.80. The highest BCUT2D eigenvalue weighted by molar-refractivity contribution is 5.09. The summed E-state index contributed by atoms with van der Waals surface area (Å²) in [6.45, 7) is 6.37. The predicted octanol–water partition coefficient (Wildman–Crippen LogP) is 2.82. The molecule has 20 heavy (non-hydrogen) atoms. The highest BCUT2D eigenvalue weighted by atomic mass is 15.3. The van der Waals surface area contributed by atoms with Gasteiger partial charge in [-0.05, 0) is 40.8 Å². The van der Waals surface area contributed by atoms with Crippen LogP contribution in [0.15, 0.2) is 12.4 Å². The highest BCUT2D eigenvalue weighted by Crippen LogP contribution is 2.32. The van der Waals surface area contributed by atoms with Crippen molar-refractivity contribution in [3.05, 3.63) is 18.0 Å². The van der Waals surface area contributed by atoms with Crippen molar-refractivity contribution < 1.29 is 0 Å². The van der Waals surface area contributed by atoms with Crippen molar-refractivity contribution in [2.75, 3.05) is 20.6 Å². The van der Waals surface area contributed by atoms with E-state index >= 15 is 0 Å². The second-order valence-corrected chi connectivity index (χ2v) is 6.41. The fraction of sp³-hybridized carbons (Fsp3) is 0.812. The van der Waals surface area contributed by atoms with Crippen LogP contribution in [0.25, 0.3) is 0 Å². The molecule has 1 heterocycles. The zero-order chi connectivity index (χ0) is 14.6. The van der Waals surface area contributed by atoms with Gasteiger partial charge in [-0.2, -0.15) is 5.10 Å². The molecule has 0 saturated heterocycles. The Labute approximate surface area is 123 Å². The first-order valence-electron chi connectivity index (χ1n) is 8.00. The molecule has 4 nitrogen and oxygen atoms in total. The Morgan fingerprint density at radius 1 is 1.35 bits per heavy atom. The van der Waals surface area contributed by atoms with E-state index in [0.717, 1.165) is 13.1 Å². The fourth-order valence-corrected chi connectivity index (χ4v) is 3.23. The summed E-state index contributed by atoms with van der Waals surface area (Å²) < 4.78 is 2.00. The molecule has 114 valence electrons. The molecule has 2 rings (SSSR count).